The van der Waals surface area contributed by atoms with Crippen LogP contribution in [0.4, 0.5) is 20.6 Å². The van der Waals surface area contributed by atoms with Gasteiger partial charge in [-0.25, -0.2) is 9.18 Å². The zero-order valence-electron chi connectivity index (χ0n) is 26.7. The number of anilines is 2. The Morgan fingerprint density at radius 3 is 2.13 bits per heavy atom. The molecule has 0 unspecified atom stereocenters. The van der Waals surface area contributed by atoms with Gasteiger partial charge in [0.1, 0.15) is 12.4 Å². The number of unbranched alkanes of at least 4 members (excludes halogenated alkanes) is 1. The van der Waals surface area contributed by atoms with Gasteiger partial charge in [-0.2, -0.15) is 0 Å². The number of nitrogens with one attached hydrogen (secondary N) is 5. The van der Waals surface area contributed by atoms with E-state index in [1.54, 1.807) is 0 Å². The Bertz CT molecular complexity index is 1540. The molecule has 0 saturated carbocycles. The summed E-state index contributed by atoms with van der Waals surface area (Å²) in [6.45, 7) is 5.14. The Hall–Kier alpha value is -4.22. The lowest BCUT2D eigenvalue weighted by atomic mass is 10.1. The van der Waals surface area contributed by atoms with Gasteiger partial charge in [0.15, 0.2) is 0 Å². The first-order chi connectivity index (χ1) is 22.5. The molecule has 4 aromatic rings. The van der Waals surface area contributed by atoms with Crippen molar-refractivity contribution in [2.45, 2.75) is 38.8 Å². The van der Waals surface area contributed by atoms with E-state index >= 15 is 4.39 Å². The minimum Gasteiger partial charge on any atom is -0.444 e. The van der Waals surface area contributed by atoms with Crippen LogP contribution in [0.15, 0.2) is 84.9 Å². The molecule has 0 aliphatic rings. The van der Waals surface area contributed by atoms with E-state index in [1.165, 1.54) is 6.07 Å². The highest BCUT2D eigenvalue weighted by Gasteiger charge is 2.18. The molecule has 11 heteroatoms. The van der Waals surface area contributed by atoms with Gasteiger partial charge < -0.3 is 31.7 Å². The highest BCUT2D eigenvalue weighted by Crippen LogP contribution is 2.26. The van der Waals surface area contributed by atoms with Crippen molar-refractivity contribution >= 4 is 46.6 Å². The Morgan fingerprint density at radius 1 is 0.702 bits per heavy atom. The van der Waals surface area contributed by atoms with Gasteiger partial charge in [-0.1, -0.05) is 66.7 Å². The van der Waals surface area contributed by atoms with Crippen LogP contribution in [0.3, 0.4) is 0 Å². The molecule has 0 aliphatic heterocycles. The number of ether oxygens (including phenoxy) is 1. The number of hydrogen-bond donors (Lipinski definition) is 6. The number of rotatable bonds is 19. The number of amides is 2. The van der Waals surface area contributed by atoms with Crippen molar-refractivity contribution in [2.75, 3.05) is 49.9 Å². The number of carbonyl (C=O) groups is 2. The van der Waals surface area contributed by atoms with Gasteiger partial charge >= 0.3 is 6.09 Å². The Labute approximate surface area is 282 Å². The number of benzene rings is 4. The third-order valence-corrected chi connectivity index (χ3v) is 7.43. The average molecular weight is 665 g/mol. The van der Waals surface area contributed by atoms with Crippen LogP contribution in [0.2, 0.25) is 0 Å². The maximum Gasteiger partial charge on any atom is 0.411 e. The molecule has 4 rings (SSSR count). The van der Waals surface area contributed by atoms with Crippen molar-refractivity contribution in [1.82, 2.24) is 16.0 Å². The minimum atomic E-state index is -0.749. The molecule has 0 aromatic heterocycles. The maximum absolute atomic E-state index is 15.2. The fourth-order valence-electron chi connectivity index (χ4n) is 4.91. The molecule has 0 spiro atoms. The van der Waals surface area contributed by atoms with Gasteiger partial charge in [0.25, 0.3) is 5.91 Å². The normalized spacial score (nSPS) is 10.7. The van der Waals surface area contributed by atoms with Crippen LogP contribution >= 0.6 is 12.4 Å². The van der Waals surface area contributed by atoms with E-state index in [0.29, 0.717) is 13.1 Å². The minimum absolute atomic E-state index is 0. The van der Waals surface area contributed by atoms with Gasteiger partial charge in [0, 0.05) is 13.1 Å². The monoisotopic (exact) mass is 664 g/mol. The number of hydrogen-bond acceptors (Lipinski definition) is 7. The number of halogens is 2. The van der Waals surface area contributed by atoms with Crippen LogP contribution in [0.5, 0.6) is 0 Å². The summed E-state index contributed by atoms with van der Waals surface area (Å²) >= 11 is 0. The SMILES string of the molecule is Cl.NCCCNCCCCNCCCNc1cc(NC(=O)OCc2ccc3ccccc3c2)c(C(=O)NCc2ccccc2)cc1F. The molecule has 0 saturated heterocycles. The first kappa shape index (κ1) is 37.2. The lowest BCUT2D eigenvalue weighted by Gasteiger charge is -2.16. The van der Waals surface area contributed by atoms with E-state index in [4.69, 9.17) is 10.5 Å². The van der Waals surface area contributed by atoms with Crippen molar-refractivity contribution in [3.8, 4) is 0 Å². The Kier molecular flexibility index (Phi) is 16.5. The maximum atomic E-state index is 15.2. The molecule has 252 valence electrons. The van der Waals surface area contributed by atoms with E-state index < -0.39 is 17.8 Å². The molecule has 47 heavy (non-hydrogen) atoms. The van der Waals surface area contributed by atoms with Gasteiger partial charge in [-0.15, -0.1) is 12.4 Å². The van der Waals surface area contributed by atoms with Crippen LogP contribution in [0, 0.1) is 5.82 Å². The van der Waals surface area contributed by atoms with E-state index in [2.05, 4.69) is 26.6 Å². The first-order valence-electron chi connectivity index (χ1n) is 16.0. The summed E-state index contributed by atoms with van der Waals surface area (Å²) in [6, 6.07) is 25.7. The number of carbonyl (C=O) groups excluding carboxylic acids is 2. The quantitative estimate of drug-likeness (QED) is 0.0660. The standard InChI is InChI=1S/C36H45FN6O3.ClH/c37-32-23-31(35(44)42-25-27-10-2-1-3-11-27)33(24-34(32)41-21-9-20-40-18-7-6-17-39-19-8-16-38)43-36(45)46-26-28-14-15-29-12-4-5-13-30(29)22-28;/h1-5,10-15,22-24,39-41H,6-9,16-21,25-26,38H2,(H,42,44)(H,43,45);1H. The predicted molar refractivity (Wildman–Crippen MR) is 191 cm³/mol. The second-order valence-corrected chi connectivity index (χ2v) is 11.1. The third kappa shape index (κ3) is 12.8. The van der Waals surface area contributed by atoms with Crippen molar-refractivity contribution in [2.24, 2.45) is 5.73 Å². The van der Waals surface area contributed by atoms with Crippen molar-refractivity contribution in [3.05, 3.63) is 107 Å². The lowest BCUT2D eigenvalue weighted by Crippen LogP contribution is -2.25. The average Bonchev–Trinajstić information content (AvgIpc) is 3.08. The Balaban J connectivity index is 0.00000600. The number of fused-ring (bicyclic) bond motifs is 1. The lowest BCUT2D eigenvalue weighted by molar-refractivity contribution is 0.0951. The van der Waals surface area contributed by atoms with E-state index in [-0.39, 0.29) is 42.5 Å². The van der Waals surface area contributed by atoms with Crippen molar-refractivity contribution in [3.63, 3.8) is 0 Å². The molecule has 0 aliphatic carbocycles. The van der Waals surface area contributed by atoms with Crippen molar-refractivity contribution in [1.29, 1.82) is 0 Å². The van der Waals surface area contributed by atoms with E-state index in [9.17, 15) is 9.59 Å². The summed E-state index contributed by atoms with van der Waals surface area (Å²) < 4.78 is 20.7. The molecular weight excluding hydrogens is 619 g/mol. The predicted octanol–water partition coefficient (Wildman–Crippen LogP) is 6.19. The molecule has 0 radical (unpaired) electrons. The van der Waals surface area contributed by atoms with E-state index in [1.807, 2.05) is 72.8 Å². The molecule has 0 atom stereocenters. The molecule has 7 N–H and O–H groups in total. The van der Waals surface area contributed by atoms with E-state index in [0.717, 1.165) is 79.8 Å². The summed E-state index contributed by atoms with van der Waals surface area (Å²) in [5, 5.41) is 17.5. The smallest absolute Gasteiger partial charge is 0.411 e. The third-order valence-electron chi connectivity index (χ3n) is 7.43. The molecule has 0 fully saturated rings. The van der Waals surface area contributed by atoms with Crippen LogP contribution in [0.1, 0.15) is 47.2 Å². The molecule has 9 nitrogen and oxygen atoms in total. The summed E-state index contributed by atoms with van der Waals surface area (Å²) in [4.78, 5) is 26.0. The highest BCUT2D eigenvalue weighted by atomic mass is 35.5. The molecule has 4 aromatic carbocycles. The largest absolute Gasteiger partial charge is 0.444 e. The summed E-state index contributed by atoms with van der Waals surface area (Å²) in [5.74, 6) is -1.10. The van der Waals surface area contributed by atoms with Crippen molar-refractivity contribution < 1.29 is 18.7 Å². The van der Waals surface area contributed by atoms with Crippen LogP contribution in [-0.4, -0.2) is 51.3 Å². The molecule has 0 bridgehead atoms. The van der Waals surface area contributed by atoms with Crippen LogP contribution in [-0.2, 0) is 17.9 Å². The van der Waals surface area contributed by atoms with Gasteiger partial charge in [0.05, 0.1) is 16.9 Å². The number of nitrogens with two attached hydrogens (primary N) is 1. The Morgan fingerprint density at radius 2 is 1.38 bits per heavy atom. The zero-order chi connectivity index (χ0) is 32.4. The van der Waals surface area contributed by atoms with Crippen LogP contribution < -0.4 is 32.3 Å². The molecule has 2 amide bonds. The fraction of sp³-hybridized carbons (Fsp3) is 0.333. The summed E-state index contributed by atoms with van der Waals surface area (Å²) in [5.41, 5.74) is 7.55. The second kappa shape index (κ2) is 20.8. The highest BCUT2D eigenvalue weighted by molar-refractivity contribution is 6.03. The summed E-state index contributed by atoms with van der Waals surface area (Å²) in [7, 11) is 0. The van der Waals surface area contributed by atoms with Gasteiger partial charge in [-0.05, 0) is 98.5 Å². The topological polar surface area (TPSA) is 130 Å². The zero-order valence-corrected chi connectivity index (χ0v) is 27.5. The van der Waals surface area contributed by atoms with Gasteiger partial charge in [0.2, 0.25) is 0 Å². The first-order valence-corrected chi connectivity index (χ1v) is 16.0. The van der Waals surface area contributed by atoms with Gasteiger partial charge in [-0.3, -0.25) is 10.1 Å². The molecule has 0 heterocycles. The van der Waals surface area contributed by atoms with Crippen LogP contribution in [0.25, 0.3) is 10.8 Å². The summed E-state index contributed by atoms with van der Waals surface area (Å²) in [6.07, 6.45) is 3.17. The molecular formula is C36H46ClFN6O3. The fourth-order valence-corrected chi connectivity index (χ4v) is 4.91. The second-order valence-electron chi connectivity index (χ2n) is 11.1.